The van der Waals surface area contributed by atoms with Gasteiger partial charge in [-0.2, -0.15) is 15.8 Å². The van der Waals surface area contributed by atoms with Crippen molar-refractivity contribution in [3.63, 3.8) is 0 Å². The highest BCUT2D eigenvalue weighted by atomic mass is 35.5. The molecule has 164 valence electrons. The Morgan fingerprint density at radius 3 is 2.41 bits per heavy atom. The minimum absolute atomic E-state index is 0.0688. The standard InChI is InChI=1S/C26H15ClN4O2S/c1-17(14-28)25(18-7-4-3-5-8-18)19(15-29)9-6-10-23-26(22(16-30)31-2)21-12-11-20(27)13-24(21)34(23,32)33/h3-13,22H,1H3. The molecule has 0 aromatic heterocycles. The van der Waals surface area contributed by atoms with Crippen molar-refractivity contribution in [3.05, 3.63) is 110 Å². The van der Waals surface area contributed by atoms with Crippen LogP contribution in [0, 0.1) is 40.6 Å². The van der Waals surface area contributed by atoms with E-state index in [1.165, 1.54) is 36.4 Å². The summed E-state index contributed by atoms with van der Waals surface area (Å²) in [6.07, 6.45) is 4.03. The van der Waals surface area contributed by atoms with E-state index in [4.69, 9.17) is 18.2 Å². The van der Waals surface area contributed by atoms with Gasteiger partial charge in [0.1, 0.15) is 0 Å². The molecule has 1 aliphatic rings. The number of benzene rings is 2. The molecule has 3 rings (SSSR count). The fraction of sp³-hybridized carbons (Fsp3) is 0.0769. The summed E-state index contributed by atoms with van der Waals surface area (Å²) >= 11 is 5.99. The van der Waals surface area contributed by atoms with Crippen LogP contribution < -0.4 is 0 Å². The van der Waals surface area contributed by atoms with Crippen molar-refractivity contribution < 1.29 is 8.42 Å². The van der Waals surface area contributed by atoms with Gasteiger partial charge in [-0.1, -0.05) is 54.1 Å². The average molecular weight is 483 g/mol. The van der Waals surface area contributed by atoms with Crippen LogP contribution in [0.1, 0.15) is 18.1 Å². The molecule has 2 aromatic rings. The molecule has 2 aromatic carbocycles. The van der Waals surface area contributed by atoms with Gasteiger partial charge in [-0.05, 0) is 36.8 Å². The summed E-state index contributed by atoms with van der Waals surface area (Å²) in [5, 5.41) is 28.9. The second-order valence-corrected chi connectivity index (χ2v) is 9.43. The second-order valence-electron chi connectivity index (χ2n) is 7.11. The van der Waals surface area contributed by atoms with Crippen molar-refractivity contribution in [3.8, 4) is 18.2 Å². The molecule has 0 fully saturated rings. The van der Waals surface area contributed by atoms with E-state index in [2.05, 4.69) is 17.0 Å². The molecule has 0 bridgehead atoms. The molecule has 34 heavy (non-hydrogen) atoms. The first-order valence-electron chi connectivity index (χ1n) is 9.80. The monoisotopic (exact) mass is 482 g/mol. The van der Waals surface area contributed by atoms with E-state index in [0.717, 1.165) is 0 Å². The number of fused-ring (bicyclic) bond motifs is 1. The number of nitriles is 3. The Balaban J connectivity index is 2.19. The van der Waals surface area contributed by atoms with Crippen LogP contribution in [0.2, 0.25) is 5.02 Å². The molecule has 0 radical (unpaired) electrons. The molecule has 0 amide bonds. The van der Waals surface area contributed by atoms with Gasteiger partial charge in [0.05, 0.1) is 33.1 Å². The summed E-state index contributed by atoms with van der Waals surface area (Å²) in [6, 6.07) is 17.8. The number of sulfone groups is 1. The third-order valence-electron chi connectivity index (χ3n) is 5.11. The van der Waals surface area contributed by atoms with E-state index in [1.807, 2.05) is 12.1 Å². The Labute approximate surface area is 203 Å². The predicted octanol–water partition coefficient (Wildman–Crippen LogP) is 5.65. The number of allylic oxidation sites excluding steroid dienone is 6. The molecule has 6 nitrogen and oxygen atoms in total. The van der Waals surface area contributed by atoms with Gasteiger partial charge in [0, 0.05) is 21.7 Å². The smallest absolute Gasteiger partial charge is 0.292 e. The summed E-state index contributed by atoms with van der Waals surface area (Å²) in [4.78, 5) is 2.99. The SMILES string of the molecule is [C-]#[N+]C(C#N)C1=C(C=CC=C(C#N)C(=C(C)C#N)c2ccccc2)S(=O)(=O)c2cc(Cl)ccc21. The van der Waals surface area contributed by atoms with Gasteiger partial charge in [0.2, 0.25) is 9.84 Å². The zero-order chi connectivity index (χ0) is 24.9. The van der Waals surface area contributed by atoms with Gasteiger partial charge < -0.3 is 0 Å². The van der Waals surface area contributed by atoms with E-state index in [1.54, 1.807) is 31.2 Å². The summed E-state index contributed by atoms with van der Waals surface area (Å²) in [5.41, 5.74) is 1.88. The Kier molecular flexibility index (Phi) is 7.15. The van der Waals surface area contributed by atoms with Crippen molar-refractivity contribution in [1.29, 1.82) is 15.8 Å². The minimum Gasteiger partial charge on any atom is -0.292 e. The number of hydrogen-bond donors (Lipinski definition) is 0. The molecule has 1 aliphatic heterocycles. The van der Waals surface area contributed by atoms with Crippen molar-refractivity contribution >= 4 is 32.6 Å². The summed E-state index contributed by atoms with van der Waals surface area (Å²) in [5.74, 6) is 0. The molecule has 0 saturated carbocycles. The Morgan fingerprint density at radius 1 is 1.12 bits per heavy atom. The zero-order valence-electron chi connectivity index (χ0n) is 17.8. The predicted molar refractivity (Wildman–Crippen MR) is 129 cm³/mol. The van der Waals surface area contributed by atoms with Crippen molar-refractivity contribution in [2.45, 2.75) is 17.9 Å². The summed E-state index contributed by atoms with van der Waals surface area (Å²) in [7, 11) is -4.04. The lowest BCUT2D eigenvalue weighted by atomic mass is 9.94. The average Bonchev–Trinajstić information content (AvgIpc) is 3.05. The van der Waals surface area contributed by atoms with Gasteiger partial charge in [-0.3, -0.25) is 4.85 Å². The lowest BCUT2D eigenvalue weighted by Crippen LogP contribution is -2.03. The van der Waals surface area contributed by atoms with Gasteiger partial charge >= 0.3 is 6.04 Å². The van der Waals surface area contributed by atoms with E-state index in [9.17, 15) is 24.2 Å². The van der Waals surface area contributed by atoms with Gasteiger partial charge in [0.15, 0.2) is 6.07 Å². The summed E-state index contributed by atoms with van der Waals surface area (Å²) < 4.78 is 26.4. The minimum atomic E-state index is -4.04. The molecular weight excluding hydrogens is 468 g/mol. The van der Waals surface area contributed by atoms with Crippen LogP contribution in [0.5, 0.6) is 0 Å². The van der Waals surface area contributed by atoms with Gasteiger partial charge in [-0.15, -0.1) is 0 Å². The van der Waals surface area contributed by atoms with Crippen LogP contribution in [0.15, 0.2) is 87.7 Å². The molecule has 0 aliphatic carbocycles. The maximum absolute atomic E-state index is 13.2. The molecular formula is C26H15ClN4O2S. The number of halogens is 1. The maximum atomic E-state index is 13.2. The Hall–Kier alpha value is -4.40. The second kappa shape index (κ2) is 10.0. The van der Waals surface area contributed by atoms with Crippen LogP contribution in [0.3, 0.4) is 0 Å². The van der Waals surface area contributed by atoms with Gasteiger partial charge in [-0.25, -0.2) is 15.0 Å². The van der Waals surface area contributed by atoms with Crippen LogP contribution >= 0.6 is 11.6 Å². The van der Waals surface area contributed by atoms with Gasteiger partial charge in [0.25, 0.3) is 0 Å². The Bertz CT molecular complexity index is 1560. The lowest BCUT2D eigenvalue weighted by molar-refractivity contribution is 0.604. The highest BCUT2D eigenvalue weighted by molar-refractivity contribution is 7.96. The van der Waals surface area contributed by atoms with Crippen molar-refractivity contribution in [1.82, 2.24) is 0 Å². The van der Waals surface area contributed by atoms with E-state index >= 15 is 0 Å². The zero-order valence-corrected chi connectivity index (χ0v) is 19.4. The van der Waals surface area contributed by atoms with Crippen LogP contribution in [-0.2, 0) is 9.84 Å². The van der Waals surface area contributed by atoms with Crippen LogP contribution in [-0.4, -0.2) is 14.5 Å². The molecule has 0 spiro atoms. The lowest BCUT2D eigenvalue weighted by Gasteiger charge is -2.07. The van der Waals surface area contributed by atoms with Crippen molar-refractivity contribution in [2.24, 2.45) is 0 Å². The molecule has 0 N–H and O–H groups in total. The van der Waals surface area contributed by atoms with E-state index in [-0.39, 0.29) is 31.5 Å². The maximum Gasteiger partial charge on any atom is 0.334 e. The highest BCUT2D eigenvalue weighted by Gasteiger charge is 2.40. The fourth-order valence-electron chi connectivity index (χ4n) is 3.60. The van der Waals surface area contributed by atoms with Crippen molar-refractivity contribution in [2.75, 3.05) is 0 Å². The highest BCUT2D eigenvalue weighted by Crippen LogP contribution is 2.43. The van der Waals surface area contributed by atoms with Crippen LogP contribution in [0.25, 0.3) is 16.0 Å². The summed E-state index contributed by atoms with van der Waals surface area (Å²) in [6.45, 7) is 8.94. The first kappa shape index (κ1) is 24.2. The molecule has 1 unspecified atom stereocenters. The molecule has 1 heterocycles. The fourth-order valence-corrected chi connectivity index (χ4v) is 5.59. The normalized spacial score (nSPS) is 16.0. The number of hydrogen-bond acceptors (Lipinski definition) is 5. The first-order valence-corrected chi connectivity index (χ1v) is 11.7. The quantitative estimate of drug-likeness (QED) is 0.310. The van der Waals surface area contributed by atoms with E-state index in [0.29, 0.717) is 16.7 Å². The third kappa shape index (κ3) is 4.40. The molecule has 8 heteroatoms. The number of rotatable bonds is 5. The third-order valence-corrected chi connectivity index (χ3v) is 7.20. The molecule has 0 saturated heterocycles. The van der Waals surface area contributed by atoms with E-state index < -0.39 is 15.9 Å². The van der Waals surface area contributed by atoms with Crippen LogP contribution in [0.4, 0.5) is 0 Å². The first-order chi connectivity index (χ1) is 16.3. The molecule has 1 atom stereocenters. The largest absolute Gasteiger partial charge is 0.334 e. The number of nitrogens with zero attached hydrogens (tertiary/aromatic N) is 4. The topological polar surface area (TPSA) is 110 Å². The Morgan fingerprint density at radius 2 is 1.82 bits per heavy atom.